The van der Waals surface area contributed by atoms with Crippen molar-refractivity contribution in [2.75, 3.05) is 12.4 Å². The lowest BCUT2D eigenvalue weighted by atomic mass is 10.1. The highest BCUT2D eigenvalue weighted by Gasteiger charge is 2.25. The monoisotopic (exact) mass is 521 g/mol. The summed E-state index contributed by atoms with van der Waals surface area (Å²) in [4.78, 5) is 49.2. The summed E-state index contributed by atoms with van der Waals surface area (Å²) in [7, 11) is 1.52. The lowest BCUT2D eigenvalue weighted by molar-refractivity contribution is -0.394. The van der Waals surface area contributed by atoms with Crippen LogP contribution in [-0.4, -0.2) is 32.8 Å². The molecule has 0 aliphatic rings. The van der Waals surface area contributed by atoms with Crippen molar-refractivity contribution < 1.29 is 24.3 Å². The Hall–Kier alpha value is -5.24. The largest absolute Gasteiger partial charge is 0.497 e. The van der Waals surface area contributed by atoms with Gasteiger partial charge in [0.05, 0.1) is 38.5 Å². The van der Waals surface area contributed by atoms with Crippen molar-refractivity contribution >= 4 is 39.4 Å². The molecule has 1 heterocycles. The number of nitrogens with one attached hydrogen (secondary N) is 1. The minimum Gasteiger partial charge on any atom is -0.497 e. The predicted octanol–water partition coefficient (Wildman–Crippen LogP) is 5.46. The Labute approximate surface area is 211 Å². The lowest BCUT2D eigenvalue weighted by Gasteiger charge is -2.04. The highest BCUT2D eigenvalue weighted by Crippen LogP contribution is 2.40. The second-order valence-corrected chi connectivity index (χ2v) is 8.40. The Morgan fingerprint density at radius 3 is 2.00 bits per heavy atom. The third kappa shape index (κ3) is 5.23. The van der Waals surface area contributed by atoms with E-state index in [4.69, 9.17) is 4.74 Å². The number of carbonyl (C=O) groups excluding carboxylic acids is 1. The zero-order chi connectivity index (χ0) is 26.7. The average Bonchev–Trinajstić information content (AvgIpc) is 3.31. The van der Waals surface area contributed by atoms with Gasteiger partial charge in [0.1, 0.15) is 11.3 Å². The van der Waals surface area contributed by atoms with E-state index in [2.05, 4.69) is 10.3 Å². The van der Waals surface area contributed by atoms with Crippen LogP contribution < -0.4 is 10.1 Å². The fourth-order valence-electron chi connectivity index (χ4n) is 3.39. The second-order valence-electron chi connectivity index (χ2n) is 7.40. The first-order valence-corrected chi connectivity index (χ1v) is 11.1. The van der Waals surface area contributed by atoms with E-state index in [1.807, 2.05) is 0 Å². The van der Waals surface area contributed by atoms with Crippen molar-refractivity contribution in [2.45, 2.75) is 0 Å². The number of carbonyl (C=O) groups is 1. The summed E-state index contributed by atoms with van der Waals surface area (Å²) >= 11 is 1.05. The maximum absolute atomic E-state index is 12.9. The van der Waals surface area contributed by atoms with Gasteiger partial charge in [-0.1, -0.05) is 11.3 Å². The van der Waals surface area contributed by atoms with E-state index in [1.165, 1.54) is 19.2 Å². The van der Waals surface area contributed by atoms with Crippen LogP contribution >= 0.6 is 11.3 Å². The number of non-ortho nitro benzene ring substituents is 2. The number of amides is 1. The van der Waals surface area contributed by atoms with Crippen molar-refractivity contribution in [3.63, 3.8) is 0 Å². The van der Waals surface area contributed by atoms with E-state index in [0.717, 1.165) is 23.5 Å². The minimum atomic E-state index is -0.883. The van der Waals surface area contributed by atoms with Crippen molar-refractivity contribution in [2.24, 2.45) is 0 Å². The molecule has 0 atom stereocenters. The molecule has 4 rings (SSSR count). The number of nitro benzene ring substituents is 3. The van der Waals surface area contributed by atoms with Crippen molar-refractivity contribution in [3.8, 4) is 27.4 Å². The number of hydrogen-bond donors (Lipinski definition) is 1. The fourth-order valence-corrected chi connectivity index (χ4v) is 4.38. The van der Waals surface area contributed by atoms with Crippen molar-refractivity contribution in [3.05, 3.63) is 103 Å². The standard InChI is InChI=1S/C23H15N5O8S/c1-36-17-9-4-13(5-10-17)20-21(14-2-6-15(7-3-14)26(30)31)37-23(24-20)25-22(29)18-11-8-16(27(32)33)12-19(18)28(34)35/h2-12H,1H3,(H,24,25,29). The first-order valence-electron chi connectivity index (χ1n) is 10.3. The van der Waals surface area contributed by atoms with Crippen LogP contribution in [0, 0.1) is 30.3 Å². The van der Waals surface area contributed by atoms with Gasteiger partial charge in [-0.05, 0) is 48.0 Å². The highest BCUT2D eigenvalue weighted by molar-refractivity contribution is 7.19. The van der Waals surface area contributed by atoms with E-state index < -0.39 is 32.1 Å². The Kier molecular flexibility index (Phi) is 6.84. The fraction of sp³-hybridized carbons (Fsp3) is 0.0435. The summed E-state index contributed by atoms with van der Waals surface area (Å²) in [6.45, 7) is 0. The summed E-state index contributed by atoms with van der Waals surface area (Å²) in [5.41, 5.74) is -0.0288. The van der Waals surface area contributed by atoms with Crippen LogP contribution in [0.1, 0.15) is 10.4 Å². The molecule has 0 unspecified atom stereocenters. The van der Waals surface area contributed by atoms with Gasteiger partial charge < -0.3 is 4.74 Å². The summed E-state index contributed by atoms with van der Waals surface area (Å²) < 4.78 is 5.18. The molecule has 1 aromatic heterocycles. The van der Waals surface area contributed by atoms with Gasteiger partial charge in [-0.3, -0.25) is 40.5 Å². The quantitative estimate of drug-likeness (QED) is 0.232. The Morgan fingerprint density at radius 1 is 0.838 bits per heavy atom. The summed E-state index contributed by atoms with van der Waals surface area (Å²) in [5.74, 6) is -0.276. The van der Waals surface area contributed by atoms with E-state index >= 15 is 0 Å². The lowest BCUT2D eigenvalue weighted by Crippen LogP contribution is -2.14. The van der Waals surface area contributed by atoms with Gasteiger partial charge in [0, 0.05) is 23.8 Å². The number of anilines is 1. The minimum absolute atomic E-state index is 0.0943. The van der Waals surface area contributed by atoms with E-state index in [0.29, 0.717) is 33.5 Å². The third-order valence-corrected chi connectivity index (χ3v) is 6.20. The Bertz CT molecular complexity index is 1530. The predicted molar refractivity (Wildman–Crippen MR) is 134 cm³/mol. The van der Waals surface area contributed by atoms with Gasteiger partial charge >= 0.3 is 0 Å². The number of ether oxygens (including phenoxy) is 1. The van der Waals surface area contributed by atoms with Crippen molar-refractivity contribution in [1.82, 2.24) is 4.98 Å². The number of aromatic nitrogens is 1. The number of rotatable bonds is 8. The molecule has 0 spiro atoms. The molecule has 4 aromatic rings. The molecule has 0 aliphatic heterocycles. The SMILES string of the molecule is COc1ccc(-c2nc(NC(=O)c3ccc([N+](=O)[O-])cc3[N+](=O)[O-])sc2-c2ccc([N+](=O)[O-])cc2)cc1. The number of hydrogen-bond acceptors (Lipinski definition) is 10. The highest BCUT2D eigenvalue weighted by atomic mass is 32.1. The molecule has 37 heavy (non-hydrogen) atoms. The number of methoxy groups -OCH3 is 1. The summed E-state index contributed by atoms with van der Waals surface area (Å²) in [5, 5.41) is 36.1. The molecular formula is C23H15N5O8S. The number of nitro groups is 3. The smallest absolute Gasteiger partial charge is 0.289 e. The van der Waals surface area contributed by atoms with Gasteiger partial charge in [-0.25, -0.2) is 4.98 Å². The van der Waals surface area contributed by atoms with Gasteiger partial charge in [0.15, 0.2) is 5.13 Å². The first-order chi connectivity index (χ1) is 17.7. The average molecular weight is 521 g/mol. The second kappa shape index (κ2) is 10.2. The van der Waals surface area contributed by atoms with Crippen LogP contribution in [0.5, 0.6) is 5.75 Å². The molecule has 186 valence electrons. The number of thiazole rings is 1. The molecule has 0 bridgehead atoms. The van der Waals surface area contributed by atoms with Crippen LogP contribution in [0.2, 0.25) is 0 Å². The van der Waals surface area contributed by atoms with Crippen LogP contribution in [0.4, 0.5) is 22.2 Å². The maximum atomic E-state index is 12.9. The van der Waals surface area contributed by atoms with E-state index in [9.17, 15) is 35.1 Å². The molecule has 3 aromatic carbocycles. The van der Waals surface area contributed by atoms with Crippen LogP contribution in [0.15, 0.2) is 66.7 Å². The zero-order valence-electron chi connectivity index (χ0n) is 18.8. The van der Waals surface area contributed by atoms with Crippen LogP contribution in [0.3, 0.4) is 0 Å². The molecule has 0 saturated carbocycles. The first kappa shape index (κ1) is 24.9. The topological polar surface area (TPSA) is 181 Å². The molecule has 1 N–H and O–H groups in total. The molecule has 13 nitrogen and oxygen atoms in total. The molecule has 0 aliphatic carbocycles. The van der Waals surface area contributed by atoms with Crippen LogP contribution in [0.25, 0.3) is 21.7 Å². The molecule has 14 heteroatoms. The molecule has 0 saturated heterocycles. The zero-order valence-corrected chi connectivity index (χ0v) is 19.6. The van der Waals surface area contributed by atoms with Gasteiger partial charge in [0.2, 0.25) is 0 Å². The van der Waals surface area contributed by atoms with Gasteiger partial charge in [-0.2, -0.15) is 0 Å². The molecular weight excluding hydrogens is 506 g/mol. The van der Waals surface area contributed by atoms with Gasteiger partial charge in [0.25, 0.3) is 23.0 Å². The molecule has 1 amide bonds. The van der Waals surface area contributed by atoms with Crippen molar-refractivity contribution in [1.29, 1.82) is 0 Å². The summed E-state index contributed by atoms with van der Waals surface area (Å²) in [6, 6.07) is 15.4. The van der Waals surface area contributed by atoms with Gasteiger partial charge in [-0.15, -0.1) is 0 Å². The van der Waals surface area contributed by atoms with Crippen LogP contribution in [-0.2, 0) is 0 Å². The third-order valence-electron chi connectivity index (χ3n) is 5.18. The Morgan fingerprint density at radius 2 is 1.43 bits per heavy atom. The summed E-state index contributed by atoms with van der Waals surface area (Å²) in [6.07, 6.45) is 0. The Balaban J connectivity index is 1.75. The maximum Gasteiger partial charge on any atom is 0.289 e. The van der Waals surface area contributed by atoms with E-state index in [-0.39, 0.29) is 16.4 Å². The normalized spacial score (nSPS) is 10.5. The molecule has 0 fully saturated rings. The molecule has 0 radical (unpaired) electrons. The van der Waals surface area contributed by atoms with E-state index in [1.54, 1.807) is 36.4 Å². The number of benzene rings is 3. The number of nitrogens with zero attached hydrogens (tertiary/aromatic N) is 4.